The van der Waals surface area contributed by atoms with E-state index in [2.05, 4.69) is 4.98 Å². The minimum Gasteiger partial charge on any atom is -0.359 e. The molecule has 2 nitrogen and oxygen atoms in total. The fourth-order valence-corrected chi connectivity index (χ4v) is 2.55. The van der Waals surface area contributed by atoms with Crippen LogP contribution in [0.4, 0.5) is 0 Å². The van der Waals surface area contributed by atoms with E-state index in [1.165, 1.54) is 0 Å². The summed E-state index contributed by atoms with van der Waals surface area (Å²) in [5.74, 6) is -0.112. The Labute approximate surface area is 120 Å². The lowest BCUT2D eigenvalue weighted by molar-refractivity contribution is 0.104. The molecule has 0 aliphatic rings. The highest BCUT2D eigenvalue weighted by atomic mass is 35.5. The third-order valence-electron chi connectivity index (χ3n) is 3.03. The molecule has 4 heteroatoms. The first-order valence-corrected chi connectivity index (χ1v) is 6.49. The zero-order valence-corrected chi connectivity index (χ0v) is 11.3. The van der Waals surface area contributed by atoms with Gasteiger partial charge in [0.2, 0.25) is 0 Å². The van der Waals surface area contributed by atoms with Crippen LogP contribution in [0.15, 0.2) is 48.7 Å². The SMILES string of the molecule is O=C(c1ccccc1Cl)c1c[nH]c2c(Cl)cccc12. The second kappa shape index (κ2) is 4.72. The fraction of sp³-hybridized carbons (Fsp3) is 0. The van der Waals surface area contributed by atoms with E-state index in [0.29, 0.717) is 21.2 Å². The van der Waals surface area contributed by atoms with Gasteiger partial charge in [-0.15, -0.1) is 0 Å². The normalized spacial score (nSPS) is 10.8. The number of aromatic nitrogens is 1. The number of nitrogens with one attached hydrogen (secondary N) is 1. The van der Waals surface area contributed by atoms with Crippen molar-refractivity contribution in [1.82, 2.24) is 4.98 Å². The predicted molar refractivity (Wildman–Crippen MR) is 78.2 cm³/mol. The molecule has 0 aliphatic carbocycles. The average molecular weight is 290 g/mol. The van der Waals surface area contributed by atoms with Crippen LogP contribution in [0.3, 0.4) is 0 Å². The van der Waals surface area contributed by atoms with Gasteiger partial charge in [-0.3, -0.25) is 4.79 Å². The van der Waals surface area contributed by atoms with Crippen molar-refractivity contribution in [3.05, 3.63) is 69.8 Å². The molecule has 1 heterocycles. The second-order valence-corrected chi connectivity index (χ2v) is 4.99. The number of para-hydroxylation sites is 1. The molecular formula is C15H9Cl2NO. The number of carbonyl (C=O) groups excluding carboxylic acids is 1. The van der Waals surface area contributed by atoms with Gasteiger partial charge in [0.25, 0.3) is 0 Å². The number of hydrogen-bond acceptors (Lipinski definition) is 1. The summed E-state index contributed by atoms with van der Waals surface area (Å²) in [6, 6.07) is 12.5. The van der Waals surface area contributed by atoms with Crippen molar-refractivity contribution in [3.63, 3.8) is 0 Å². The Morgan fingerprint density at radius 1 is 0.895 bits per heavy atom. The molecule has 19 heavy (non-hydrogen) atoms. The molecule has 0 radical (unpaired) electrons. The molecule has 0 saturated carbocycles. The van der Waals surface area contributed by atoms with Crippen molar-refractivity contribution in [2.24, 2.45) is 0 Å². The number of H-pyrrole nitrogens is 1. The molecular weight excluding hydrogens is 281 g/mol. The molecule has 1 N–H and O–H groups in total. The number of aromatic amines is 1. The Morgan fingerprint density at radius 2 is 1.63 bits per heavy atom. The van der Waals surface area contributed by atoms with Crippen LogP contribution in [0.25, 0.3) is 10.9 Å². The molecule has 0 saturated heterocycles. The third-order valence-corrected chi connectivity index (χ3v) is 3.67. The van der Waals surface area contributed by atoms with Gasteiger partial charge in [-0.05, 0) is 18.2 Å². The molecule has 3 aromatic rings. The first-order chi connectivity index (χ1) is 9.18. The standard InChI is InChI=1S/C15H9Cl2NO/c16-12-6-2-1-4-10(12)15(19)11-8-18-14-9(11)5-3-7-13(14)17/h1-8,18H. The van der Waals surface area contributed by atoms with E-state index >= 15 is 0 Å². The smallest absolute Gasteiger partial charge is 0.196 e. The second-order valence-electron chi connectivity index (χ2n) is 4.17. The number of ketones is 1. The van der Waals surface area contributed by atoms with Gasteiger partial charge < -0.3 is 4.98 Å². The van der Waals surface area contributed by atoms with Crippen LogP contribution in [0.2, 0.25) is 10.0 Å². The van der Waals surface area contributed by atoms with Gasteiger partial charge in [0, 0.05) is 22.7 Å². The van der Waals surface area contributed by atoms with E-state index in [-0.39, 0.29) is 5.78 Å². The highest BCUT2D eigenvalue weighted by Crippen LogP contribution is 2.28. The largest absolute Gasteiger partial charge is 0.359 e. The summed E-state index contributed by atoms with van der Waals surface area (Å²) in [6.07, 6.45) is 1.67. The summed E-state index contributed by atoms with van der Waals surface area (Å²) in [5, 5.41) is 1.84. The highest BCUT2D eigenvalue weighted by molar-refractivity contribution is 6.37. The van der Waals surface area contributed by atoms with Gasteiger partial charge in [-0.25, -0.2) is 0 Å². The van der Waals surface area contributed by atoms with Gasteiger partial charge >= 0.3 is 0 Å². The lowest BCUT2D eigenvalue weighted by Crippen LogP contribution is -2.00. The summed E-state index contributed by atoms with van der Waals surface area (Å²) in [7, 11) is 0. The van der Waals surface area contributed by atoms with E-state index in [0.717, 1.165) is 10.9 Å². The topological polar surface area (TPSA) is 32.9 Å². The molecule has 1 aromatic heterocycles. The van der Waals surface area contributed by atoms with Crippen LogP contribution < -0.4 is 0 Å². The molecule has 2 aromatic carbocycles. The molecule has 0 bridgehead atoms. The first-order valence-electron chi connectivity index (χ1n) is 5.73. The summed E-state index contributed by atoms with van der Waals surface area (Å²) in [4.78, 5) is 15.5. The zero-order chi connectivity index (χ0) is 13.4. The molecule has 0 amide bonds. The Morgan fingerprint density at radius 3 is 2.42 bits per heavy atom. The van der Waals surface area contributed by atoms with Crippen LogP contribution in [0.5, 0.6) is 0 Å². The molecule has 0 aliphatic heterocycles. The lowest BCUT2D eigenvalue weighted by atomic mass is 10.0. The molecule has 0 fully saturated rings. The van der Waals surface area contributed by atoms with E-state index in [1.807, 2.05) is 12.1 Å². The van der Waals surface area contributed by atoms with Crippen molar-refractivity contribution in [2.75, 3.05) is 0 Å². The minimum absolute atomic E-state index is 0.112. The Kier molecular flexibility index (Phi) is 3.05. The molecule has 0 spiro atoms. The van der Waals surface area contributed by atoms with E-state index in [9.17, 15) is 4.79 Å². The quantitative estimate of drug-likeness (QED) is 0.681. The number of halogens is 2. The lowest BCUT2D eigenvalue weighted by Gasteiger charge is -2.02. The van der Waals surface area contributed by atoms with Crippen LogP contribution >= 0.6 is 23.2 Å². The van der Waals surface area contributed by atoms with Crippen molar-refractivity contribution < 1.29 is 4.79 Å². The number of rotatable bonds is 2. The zero-order valence-electron chi connectivity index (χ0n) is 9.78. The summed E-state index contributed by atoms with van der Waals surface area (Å²) in [6.45, 7) is 0. The van der Waals surface area contributed by atoms with Gasteiger partial charge in [0.1, 0.15) is 0 Å². The summed E-state index contributed by atoms with van der Waals surface area (Å²) < 4.78 is 0. The third kappa shape index (κ3) is 2.03. The number of fused-ring (bicyclic) bond motifs is 1. The minimum atomic E-state index is -0.112. The van der Waals surface area contributed by atoms with Gasteiger partial charge in [-0.2, -0.15) is 0 Å². The maximum atomic E-state index is 12.5. The van der Waals surface area contributed by atoms with Crippen LogP contribution in [0, 0.1) is 0 Å². The monoisotopic (exact) mass is 289 g/mol. The first kappa shape index (κ1) is 12.3. The Bertz CT molecular complexity index is 777. The van der Waals surface area contributed by atoms with Crippen LogP contribution in [-0.4, -0.2) is 10.8 Å². The Balaban J connectivity index is 2.18. The van der Waals surface area contributed by atoms with E-state index in [4.69, 9.17) is 23.2 Å². The van der Waals surface area contributed by atoms with E-state index < -0.39 is 0 Å². The fourth-order valence-electron chi connectivity index (χ4n) is 2.10. The maximum Gasteiger partial charge on any atom is 0.196 e. The summed E-state index contributed by atoms with van der Waals surface area (Å²) in [5.41, 5.74) is 1.83. The van der Waals surface area contributed by atoms with Crippen molar-refractivity contribution in [2.45, 2.75) is 0 Å². The van der Waals surface area contributed by atoms with Crippen molar-refractivity contribution in [1.29, 1.82) is 0 Å². The van der Waals surface area contributed by atoms with Crippen LogP contribution in [0.1, 0.15) is 15.9 Å². The van der Waals surface area contributed by atoms with Crippen molar-refractivity contribution >= 4 is 39.9 Å². The molecule has 94 valence electrons. The molecule has 0 atom stereocenters. The van der Waals surface area contributed by atoms with Gasteiger partial charge in [0.15, 0.2) is 5.78 Å². The molecule has 0 unspecified atom stereocenters. The molecule has 3 rings (SSSR count). The highest BCUT2D eigenvalue weighted by Gasteiger charge is 2.17. The number of carbonyl (C=O) groups is 1. The predicted octanol–water partition coefficient (Wildman–Crippen LogP) is 4.71. The van der Waals surface area contributed by atoms with E-state index in [1.54, 1.807) is 36.5 Å². The van der Waals surface area contributed by atoms with Crippen molar-refractivity contribution in [3.8, 4) is 0 Å². The Hall–Kier alpha value is -1.77. The van der Waals surface area contributed by atoms with Gasteiger partial charge in [0.05, 0.1) is 15.6 Å². The van der Waals surface area contributed by atoms with Crippen LogP contribution in [-0.2, 0) is 0 Å². The van der Waals surface area contributed by atoms with Gasteiger partial charge in [-0.1, -0.05) is 47.5 Å². The summed E-state index contributed by atoms with van der Waals surface area (Å²) >= 11 is 12.1. The number of benzene rings is 2. The maximum absolute atomic E-state index is 12.5. The average Bonchev–Trinajstić information content (AvgIpc) is 2.84. The number of hydrogen-bond donors (Lipinski definition) is 1.